The standard InChI is InChI=1S/C15H10ClFN2O/c16-14-15(20)18-12-8-4-2-6-10(12)13(19-14)9-5-1-3-7-11(9)17/h1-8,14H,(H,18,20)/t14-/m1/s1. The van der Waals surface area contributed by atoms with Crippen molar-refractivity contribution in [3.05, 3.63) is 65.5 Å². The number of alkyl halides is 1. The minimum Gasteiger partial charge on any atom is -0.322 e. The smallest absolute Gasteiger partial charge is 0.264 e. The number of anilines is 1. The maximum Gasteiger partial charge on any atom is 0.264 e. The molecule has 0 aliphatic carbocycles. The Balaban J connectivity index is 2.25. The van der Waals surface area contributed by atoms with Gasteiger partial charge < -0.3 is 5.32 Å². The number of aliphatic imine (C=N–C) groups is 1. The molecule has 100 valence electrons. The van der Waals surface area contributed by atoms with Gasteiger partial charge in [-0.15, -0.1) is 0 Å². The summed E-state index contributed by atoms with van der Waals surface area (Å²) >= 11 is 5.94. The summed E-state index contributed by atoms with van der Waals surface area (Å²) in [6.45, 7) is 0. The molecular weight excluding hydrogens is 279 g/mol. The number of nitrogens with zero attached hydrogens (tertiary/aromatic N) is 1. The van der Waals surface area contributed by atoms with E-state index in [0.29, 0.717) is 22.5 Å². The molecule has 1 amide bonds. The molecule has 0 bridgehead atoms. The Kier molecular flexibility index (Phi) is 3.24. The first-order valence-electron chi connectivity index (χ1n) is 6.04. The zero-order chi connectivity index (χ0) is 14.1. The molecule has 3 nitrogen and oxygen atoms in total. The molecule has 0 saturated carbocycles. The molecule has 0 spiro atoms. The minimum absolute atomic E-state index is 0.321. The van der Waals surface area contributed by atoms with Gasteiger partial charge in [-0.05, 0) is 18.2 Å². The molecule has 0 saturated heterocycles. The van der Waals surface area contributed by atoms with Gasteiger partial charge in [0.05, 0.1) is 11.4 Å². The molecule has 0 unspecified atom stereocenters. The van der Waals surface area contributed by atoms with E-state index in [9.17, 15) is 9.18 Å². The second kappa shape index (κ2) is 5.06. The van der Waals surface area contributed by atoms with Crippen molar-refractivity contribution < 1.29 is 9.18 Å². The Labute approximate surface area is 120 Å². The number of para-hydroxylation sites is 1. The predicted molar refractivity (Wildman–Crippen MR) is 76.8 cm³/mol. The normalized spacial score (nSPS) is 17.8. The highest BCUT2D eigenvalue weighted by Crippen LogP contribution is 2.25. The fraction of sp³-hybridized carbons (Fsp3) is 0.0667. The van der Waals surface area contributed by atoms with Gasteiger partial charge >= 0.3 is 0 Å². The van der Waals surface area contributed by atoms with Crippen LogP contribution in [0.25, 0.3) is 0 Å². The van der Waals surface area contributed by atoms with E-state index in [1.165, 1.54) is 6.07 Å². The molecule has 1 aliphatic rings. The van der Waals surface area contributed by atoms with Crippen LogP contribution < -0.4 is 5.32 Å². The summed E-state index contributed by atoms with van der Waals surface area (Å²) in [6.07, 6.45) is 0. The Morgan fingerprint density at radius 1 is 1.05 bits per heavy atom. The van der Waals surface area contributed by atoms with E-state index >= 15 is 0 Å². The first-order chi connectivity index (χ1) is 9.66. The highest BCUT2D eigenvalue weighted by molar-refractivity contribution is 6.35. The predicted octanol–water partition coefficient (Wildman–Crippen LogP) is 3.18. The second-order valence-electron chi connectivity index (χ2n) is 4.33. The number of carbonyl (C=O) groups is 1. The molecule has 0 fully saturated rings. The molecule has 1 atom stereocenters. The van der Waals surface area contributed by atoms with Crippen molar-refractivity contribution in [2.75, 3.05) is 5.32 Å². The van der Waals surface area contributed by atoms with E-state index in [4.69, 9.17) is 11.6 Å². The summed E-state index contributed by atoms with van der Waals surface area (Å²) in [7, 11) is 0. The number of hydrogen-bond donors (Lipinski definition) is 1. The van der Waals surface area contributed by atoms with E-state index in [-0.39, 0.29) is 0 Å². The zero-order valence-corrected chi connectivity index (χ0v) is 11.1. The van der Waals surface area contributed by atoms with Crippen LogP contribution >= 0.6 is 11.6 Å². The van der Waals surface area contributed by atoms with Gasteiger partial charge in [-0.3, -0.25) is 9.79 Å². The maximum atomic E-state index is 14.0. The summed E-state index contributed by atoms with van der Waals surface area (Å²) in [5, 5.41) is 2.68. The Morgan fingerprint density at radius 3 is 2.45 bits per heavy atom. The summed E-state index contributed by atoms with van der Waals surface area (Å²) in [5.74, 6) is -0.829. The lowest BCUT2D eigenvalue weighted by Gasteiger charge is -2.09. The van der Waals surface area contributed by atoms with E-state index in [1.54, 1.807) is 42.5 Å². The first kappa shape index (κ1) is 12.8. The topological polar surface area (TPSA) is 41.5 Å². The Morgan fingerprint density at radius 2 is 1.70 bits per heavy atom. The summed E-state index contributed by atoms with van der Waals surface area (Å²) in [4.78, 5) is 16.0. The van der Waals surface area contributed by atoms with Crippen molar-refractivity contribution in [1.82, 2.24) is 0 Å². The van der Waals surface area contributed by atoms with Crippen LogP contribution in [0.2, 0.25) is 0 Å². The van der Waals surface area contributed by atoms with Gasteiger partial charge in [-0.25, -0.2) is 4.39 Å². The number of carbonyl (C=O) groups excluding carboxylic acids is 1. The third-order valence-corrected chi connectivity index (χ3v) is 3.32. The van der Waals surface area contributed by atoms with Crippen molar-refractivity contribution in [2.24, 2.45) is 4.99 Å². The molecule has 3 rings (SSSR count). The fourth-order valence-electron chi connectivity index (χ4n) is 2.10. The molecule has 2 aromatic carbocycles. The van der Waals surface area contributed by atoms with Crippen LogP contribution in [0.3, 0.4) is 0 Å². The first-order valence-corrected chi connectivity index (χ1v) is 6.47. The third kappa shape index (κ3) is 2.18. The molecule has 0 radical (unpaired) electrons. The average molecular weight is 289 g/mol. The Hall–Kier alpha value is -2.20. The van der Waals surface area contributed by atoms with E-state index < -0.39 is 17.2 Å². The van der Waals surface area contributed by atoms with Crippen LogP contribution in [-0.2, 0) is 4.79 Å². The van der Waals surface area contributed by atoms with Gasteiger partial charge in [0.25, 0.3) is 5.91 Å². The maximum absolute atomic E-state index is 14.0. The number of benzodiazepines with no additional fused rings is 1. The van der Waals surface area contributed by atoms with Crippen LogP contribution in [-0.4, -0.2) is 17.1 Å². The third-order valence-electron chi connectivity index (χ3n) is 3.03. The summed E-state index contributed by atoms with van der Waals surface area (Å²) in [5.41, 5.74) is 0.827. The molecule has 1 aliphatic heterocycles. The number of nitrogens with one attached hydrogen (secondary N) is 1. The van der Waals surface area contributed by atoms with Gasteiger partial charge in [0.1, 0.15) is 5.82 Å². The molecule has 2 aromatic rings. The molecule has 0 aromatic heterocycles. The van der Waals surface area contributed by atoms with Crippen LogP contribution in [0.5, 0.6) is 0 Å². The van der Waals surface area contributed by atoms with Crippen LogP contribution in [0.15, 0.2) is 53.5 Å². The van der Waals surface area contributed by atoms with Crippen molar-refractivity contribution in [3.8, 4) is 0 Å². The van der Waals surface area contributed by atoms with Crippen molar-refractivity contribution in [3.63, 3.8) is 0 Å². The van der Waals surface area contributed by atoms with Gasteiger partial charge in [0, 0.05) is 11.1 Å². The van der Waals surface area contributed by atoms with Crippen LogP contribution in [0.4, 0.5) is 10.1 Å². The van der Waals surface area contributed by atoms with Gasteiger partial charge in [-0.2, -0.15) is 0 Å². The summed E-state index contributed by atoms with van der Waals surface area (Å²) in [6, 6.07) is 13.4. The number of benzene rings is 2. The number of rotatable bonds is 1. The Bertz CT molecular complexity index is 715. The van der Waals surface area contributed by atoms with Crippen molar-refractivity contribution in [1.29, 1.82) is 0 Å². The lowest BCUT2D eigenvalue weighted by atomic mass is 10.0. The number of fused-ring (bicyclic) bond motifs is 1. The van der Waals surface area contributed by atoms with Gasteiger partial charge in [0.15, 0.2) is 0 Å². The summed E-state index contributed by atoms with van der Waals surface area (Å²) < 4.78 is 14.0. The highest BCUT2D eigenvalue weighted by atomic mass is 35.5. The van der Waals surface area contributed by atoms with Crippen LogP contribution in [0, 0.1) is 5.82 Å². The van der Waals surface area contributed by atoms with E-state index in [0.717, 1.165) is 0 Å². The zero-order valence-electron chi connectivity index (χ0n) is 10.3. The number of halogens is 2. The van der Waals surface area contributed by atoms with Gasteiger partial charge in [-0.1, -0.05) is 41.9 Å². The molecule has 1 N–H and O–H groups in total. The van der Waals surface area contributed by atoms with E-state index in [1.807, 2.05) is 0 Å². The SMILES string of the molecule is O=C1Nc2ccccc2C(c2ccccc2F)=N[C@H]1Cl. The van der Waals surface area contributed by atoms with Crippen molar-refractivity contribution in [2.45, 2.75) is 5.50 Å². The number of hydrogen-bond acceptors (Lipinski definition) is 2. The monoisotopic (exact) mass is 288 g/mol. The quantitative estimate of drug-likeness (QED) is 0.635. The average Bonchev–Trinajstić information content (AvgIpc) is 2.57. The molecular formula is C15H10ClFN2O. The largest absolute Gasteiger partial charge is 0.322 e. The molecule has 20 heavy (non-hydrogen) atoms. The lowest BCUT2D eigenvalue weighted by Crippen LogP contribution is -2.20. The molecule has 1 heterocycles. The van der Waals surface area contributed by atoms with Crippen molar-refractivity contribution >= 4 is 28.9 Å². The molecule has 5 heteroatoms. The second-order valence-corrected chi connectivity index (χ2v) is 4.74. The number of amides is 1. The minimum atomic E-state index is -1.09. The lowest BCUT2D eigenvalue weighted by molar-refractivity contribution is -0.115. The fourth-order valence-corrected chi connectivity index (χ4v) is 2.25. The highest BCUT2D eigenvalue weighted by Gasteiger charge is 2.24. The van der Waals surface area contributed by atoms with Crippen LogP contribution in [0.1, 0.15) is 11.1 Å². The van der Waals surface area contributed by atoms with Gasteiger partial charge in [0.2, 0.25) is 5.50 Å². The van der Waals surface area contributed by atoms with E-state index in [2.05, 4.69) is 10.3 Å².